The molecule has 0 bridgehead atoms. The zero-order valence-corrected chi connectivity index (χ0v) is 42.1. The second-order valence-electron chi connectivity index (χ2n) is 18.9. The van der Waals surface area contributed by atoms with Crippen molar-refractivity contribution in [2.75, 3.05) is 91.6 Å². The molecular weight excluding hydrogens is 995 g/mol. The molecule has 1 unspecified atom stereocenters. The van der Waals surface area contributed by atoms with E-state index in [4.69, 9.17) is 5.11 Å². The van der Waals surface area contributed by atoms with Gasteiger partial charge >= 0.3 is 41.8 Å². The molecule has 76 heavy (non-hydrogen) atoms. The minimum atomic E-state index is -1.56. The van der Waals surface area contributed by atoms with Crippen molar-refractivity contribution >= 4 is 70.3 Å². The molecule has 3 aromatic rings. The Morgan fingerprint density at radius 2 is 1.05 bits per heavy atom. The Hall–Kier alpha value is -7.74. The highest BCUT2D eigenvalue weighted by Crippen LogP contribution is 2.22. The number of amides is 5. The van der Waals surface area contributed by atoms with Crippen LogP contribution >= 0.6 is 0 Å². The van der Waals surface area contributed by atoms with Crippen LogP contribution in [0.2, 0.25) is 0 Å². The summed E-state index contributed by atoms with van der Waals surface area (Å²) >= 11 is 0. The SMILES string of the molecule is O=C(O)CC[C@H](NC(=O)NC(CCCCNC(=O)[C@H](Cc1ccc2ccccc2c1)NC(=O)c1ccc2c(c1)CN(C(=O)CN1CCN(CC(=O)O)CCN(CC(=O)O)CCN(CC(=O)O)CC1)CC2)C(=O)O)C(=O)O. The van der Waals surface area contributed by atoms with Gasteiger partial charge in [0.2, 0.25) is 11.8 Å². The van der Waals surface area contributed by atoms with Gasteiger partial charge in [-0.15, -0.1) is 0 Å². The number of nitrogens with one attached hydrogen (secondary N) is 4. The summed E-state index contributed by atoms with van der Waals surface area (Å²) in [6.45, 7) is 1.59. The first-order valence-electron chi connectivity index (χ1n) is 25.0. The smallest absolute Gasteiger partial charge is 0.326 e. The van der Waals surface area contributed by atoms with Crippen LogP contribution in [0.4, 0.5) is 4.79 Å². The first-order chi connectivity index (χ1) is 36.2. The summed E-state index contributed by atoms with van der Waals surface area (Å²) in [5.41, 5.74) is 2.63. The molecule has 5 rings (SSSR count). The van der Waals surface area contributed by atoms with Crippen molar-refractivity contribution in [3.8, 4) is 0 Å². The number of hydrogen-bond donors (Lipinski definition) is 10. The summed E-state index contributed by atoms with van der Waals surface area (Å²) in [5, 5.41) is 68.5. The highest BCUT2D eigenvalue weighted by atomic mass is 16.4. The van der Waals surface area contributed by atoms with Gasteiger partial charge < -0.3 is 56.8 Å². The molecule has 1 saturated heterocycles. The third-order valence-corrected chi connectivity index (χ3v) is 13.1. The van der Waals surface area contributed by atoms with Gasteiger partial charge in [0, 0.05) is 90.4 Å². The molecule has 10 N–H and O–H groups in total. The Kier molecular flexibility index (Phi) is 22.9. The minimum absolute atomic E-state index is 0.0607. The number of hydrogen-bond acceptors (Lipinski definition) is 14. The molecule has 2 aliphatic rings. The van der Waals surface area contributed by atoms with Gasteiger partial charge in [0.15, 0.2) is 0 Å². The zero-order valence-electron chi connectivity index (χ0n) is 42.1. The number of fused-ring (bicyclic) bond motifs is 2. The number of urea groups is 1. The van der Waals surface area contributed by atoms with Gasteiger partial charge in [-0.3, -0.25) is 53.2 Å². The molecule has 0 radical (unpaired) electrons. The number of carboxylic acid groups (broad SMARTS) is 6. The van der Waals surface area contributed by atoms with E-state index in [1.807, 2.05) is 47.4 Å². The summed E-state index contributed by atoms with van der Waals surface area (Å²) < 4.78 is 0. The van der Waals surface area contributed by atoms with Gasteiger partial charge in [0.1, 0.15) is 18.1 Å². The fraction of sp³-hybridized carbons (Fsp3) is 0.490. The van der Waals surface area contributed by atoms with E-state index in [0.29, 0.717) is 18.5 Å². The first-order valence-corrected chi connectivity index (χ1v) is 25.0. The number of benzene rings is 3. The van der Waals surface area contributed by atoms with Crippen LogP contribution in [-0.4, -0.2) is 224 Å². The van der Waals surface area contributed by atoms with Crippen LogP contribution in [0.3, 0.4) is 0 Å². The molecule has 25 heteroatoms. The largest absolute Gasteiger partial charge is 0.481 e. The van der Waals surface area contributed by atoms with E-state index < -0.39 is 84.6 Å². The lowest BCUT2D eigenvalue weighted by molar-refractivity contribution is -0.141. The molecule has 3 atom stereocenters. The molecule has 2 heterocycles. The minimum Gasteiger partial charge on any atom is -0.481 e. The second-order valence-corrected chi connectivity index (χ2v) is 18.9. The predicted octanol–water partition coefficient (Wildman–Crippen LogP) is -0.102. The van der Waals surface area contributed by atoms with Crippen LogP contribution < -0.4 is 21.3 Å². The molecule has 0 aromatic heterocycles. The molecule has 2 aliphatic heterocycles. The molecule has 5 amide bonds. The van der Waals surface area contributed by atoms with Gasteiger partial charge in [0.05, 0.1) is 26.2 Å². The maximum absolute atomic E-state index is 14.1. The summed E-state index contributed by atoms with van der Waals surface area (Å²) in [4.78, 5) is 132. The Morgan fingerprint density at radius 3 is 1.59 bits per heavy atom. The van der Waals surface area contributed by atoms with E-state index in [9.17, 15) is 73.5 Å². The summed E-state index contributed by atoms with van der Waals surface area (Å²) in [6, 6.07) is 13.3. The molecule has 412 valence electrons. The van der Waals surface area contributed by atoms with Crippen LogP contribution in [0, 0.1) is 0 Å². The van der Waals surface area contributed by atoms with E-state index in [1.165, 1.54) is 0 Å². The van der Waals surface area contributed by atoms with Crippen molar-refractivity contribution in [1.82, 2.24) is 45.8 Å². The summed E-state index contributed by atoms with van der Waals surface area (Å²) in [6.07, 6.45) is -0.0244. The maximum Gasteiger partial charge on any atom is 0.326 e. The Morgan fingerprint density at radius 1 is 0.513 bits per heavy atom. The average molecular weight is 1060 g/mol. The number of nitrogens with zero attached hydrogens (tertiary/aromatic N) is 5. The molecule has 3 aromatic carbocycles. The van der Waals surface area contributed by atoms with E-state index >= 15 is 0 Å². The number of carbonyl (C=O) groups excluding carboxylic acids is 4. The van der Waals surface area contributed by atoms with Gasteiger partial charge in [0.25, 0.3) is 5.91 Å². The van der Waals surface area contributed by atoms with Crippen LogP contribution in [0.25, 0.3) is 10.8 Å². The third-order valence-electron chi connectivity index (χ3n) is 13.1. The van der Waals surface area contributed by atoms with Crippen molar-refractivity contribution in [3.63, 3.8) is 0 Å². The van der Waals surface area contributed by atoms with Crippen molar-refractivity contribution in [3.05, 3.63) is 82.9 Å². The lowest BCUT2D eigenvalue weighted by Gasteiger charge is -2.34. The van der Waals surface area contributed by atoms with Crippen LogP contribution in [-0.2, 0) is 57.7 Å². The standard InChI is InChI=1S/C51H67N9O16/c61-42(29-56-17-19-57(30-44(64)65)21-23-59(32-46(68)69)24-22-58(20-18-56)31-45(66)67)60-16-14-35-10-11-37(27-38(35)28-60)47(70)53-41(26-33-8-9-34-5-1-2-6-36(34)25-33)48(71)52-15-4-3-7-39(49(72)73)54-51(76)55-40(50(74)75)12-13-43(62)63/h1-2,5-6,8-11,25,27,39-41H,3-4,7,12-24,26,28-32H2,(H,52,71)(H,53,70)(H,62,63)(H,64,65)(H,66,67)(H,68,69)(H,72,73)(H,74,75)(H2,54,55,76)/t39?,40-,41-/m0/s1. The predicted molar refractivity (Wildman–Crippen MR) is 271 cm³/mol. The van der Waals surface area contributed by atoms with E-state index in [2.05, 4.69) is 21.3 Å². The van der Waals surface area contributed by atoms with Crippen LogP contribution in [0.15, 0.2) is 60.7 Å². The molecule has 0 aliphatic carbocycles. The zero-order chi connectivity index (χ0) is 55.3. The Labute approximate surface area is 437 Å². The van der Waals surface area contributed by atoms with Crippen LogP contribution in [0.5, 0.6) is 0 Å². The first kappa shape index (κ1) is 59.1. The average Bonchev–Trinajstić information content (AvgIpc) is 3.36. The maximum atomic E-state index is 14.1. The Bertz CT molecular complexity index is 2550. The summed E-state index contributed by atoms with van der Waals surface area (Å²) in [7, 11) is 0. The number of carboxylic acids is 6. The van der Waals surface area contributed by atoms with Crippen LogP contribution in [0.1, 0.15) is 59.2 Å². The van der Waals surface area contributed by atoms with Crippen molar-refractivity contribution in [1.29, 1.82) is 0 Å². The normalized spacial score (nSPS) is 16.3. The van der Waals surface area contributed by atoms with Crippen molar-refractivity contribution in [2.24, 2.45) is 0 Å². The van der Waals surface area contributed by atoms with Crippen molar-refractivity contribution in [2.45, 2.75) is 69.6 Å². The monoisotopic (exact) mass is 1060 g/mol. The topological polar surface area (TPSA) is 356 Å². The molecule has 0 saturated carbocycles. The molecule has 0 spiro atoms. The second kappa shape index (κ2) is 29.4. The number of carbonyl (C=O) groups is 10. The Balaban J connectivity index is 1.23. The highest BCUT2D eigenvalue weighted by Gasteiger charge is 2.29. The van der Waals surface area contributed by atoms with Gasteiger partial charge in [-0.25, -0.2) is 14.4 Å². The van der Waals surface area contributed by atoms with Gasteiger partial charge in [-0.1, -0.05) is 48.5 Å². The molecular formula is C51H67N9O16. The van der Waals surface area contributed by atoms with E-state index in [1.54, 1.807) is 37.8 Å². The van der Waals surface area contributed by atoms with Gasteiger partial charge in [-0.2, -0.15) is 0 Å². The fourth-order valence-electron chi connectivity index (χ4n) is 8.99. The number of aliphatic carboxylic acids is 6. The van der Waals surface area contributed by atoms with E-state index in [-0.39, 0.29) is 129 Å². The third kappa shape index (κ3) is 19.8. The molecule has 25 nitrogen and oxygen atoms in total. The van der Waals surface area contributed by atoms with E-state index in [0.717, 1.165) is 21.9 Å². The molecule has 1 fully saturated rings. The fourth-order valence-corrected chi connectivity index (χ4v) is 8.99. The highest BCUT2D eigenvalue weighted by molar-refractivity contribution is 5.98. The van der Waals surface area contributed by atoms with Gasteiger partial charge in [-0.05, 0) is 71.7 Å². The number of rotatable bonds is 25. The lowest BCUT2D eigenvalue weighted by Crippen LogP contribution is -2.51. The quantitative estimate of drug-likeness (QED) is 0.0495. The summed E-state index contributed by atoms with van der Waals surface area (Å²) in [5.74, 6) is -8.68. The lowest BCUT2D eigenvalue weighted by atomic mass is 9.96. The number of unbranched alkanes of at least 4 members (excludes halogenated alkanes) is 1. The van der Waals surface area contributed by atoms with Crippen molar-refractivity contribution < 1.29 is 78.6 Å².